The lowest BCUT2D eigenvalue weighted by Crippen LogP contribution is -2.36. The summed E-state index contributed by atoms with van der Waals surface area (Å²) in [6.07, 6.45) is 1.75. The Morgan fingerprint density at radius 3 is 2.59 bits per heavy atom. The van der Waals surface area contributed by atoms with Crippen LogP contribution in [0.5, 0.6) is 0 Å². The second kappa shape index (κ2) is 7.01. The van der Waals surface area contributed by atoms with E-state index in [4.69, 9.17) is 0 Å². The summed E-state index contributed by atoms with van der Waals surface area (Å²) < 4.78 is 0.949. The quantitative estimate of drug-likeness (QED) is 0.782. The second-order valence-corrected chi connectivity index (χ2v) is 5.86. The Morgan fingerprint density at radius 2 is 2.12 bits per heavy atom. The van der Waals surface area contributed by atoms with E-state index in [1.807, 2.05) is 37.8 Å². The average Bonchev–Trinajstić information content (AvgIpc) is 2.33. The Labute approximate surface area is 115 Å². The maximum Gasteiger partial charge on any atom is 0.235 e. The number of halogens is 1. The molecule has 0 aliphatic carbocycles. The van der Waals surface area contributed by atoms with Gasteiger partial charge in [0.15, 0.2) is 0 Å². The predicted octanol–water partition coefficient (Wildman–Crippen LogP) is 3.19. The Balaban J connectivity index is 2.62. The SMILES string of the molecule is CCN(CC)C(=O)[C@@H](C)Sc1ccc(Br)cn1. The molecule has 0 bridgehead atoms. The number of carbonyl (C=O) groups excluding carboxylic acids is 1. The Bertz CT molecular complexity index is 365. The molecule has 1 heterocycles. The van der Waals surface area contributed by atoms with Crippen molar-refractivity contribution >= 4 is 33.6 Å². The number of thioether (sulfide) groups is 1. The van der Waals surface area contributed by atoms with Crippen LogP contribution in [0.1, 0.15) is 20.8 Å². The van der Waals surface area contributed by atoms with E-state index in [0.29, 0.717) is 0 Å². The van der Waals surface area contributed by atoms with Gasteiger partial charge in [0.25, 0.3) is 0 Å². The van der Waals surface area contributed by atoms with Gasteiger partial charge in [-0.3, -0.25) is 4.79 Å². The molecular weight excluding hydrogens is 300 g/mol. The second-order valence-electron chi connectivity index (χ2n) is 3.59. The van der Waals surface area contributed by atoms with E-state index in [9.17, 15) is 4.79 Å². The van der Waals surface area contributed by atoms with Crippen molar-refractivity contribution in [2.75, 3.05) is 13.1 Å². The lowest BCUT2D eigenvalue weighted by molar-refractivity contribution is -0.129. The maximum absolute atomic E-state index is 12.0. The number of hydrogen-bond acceptors (Lipinski definition) is 3. The van der Waals surface area contributed by atoms with Crippen molar-refractivity contribution in [1.29, 1.82) is 0 Å². The molecule has 0 saturated heterocycles. The van der Waals surface area contributed by atoms with E-state index < -0.39 is 0 Å². The molecule has 5 heteroatoms. The Morgan fingerprint density at radius 1 is 1.47 bits per heavy atom. The highest BCUT2D eigenvalue weighted by molar-refractivity contribution is 9.10. The van der Waals surface area contributed by atoms with Gasteiger partial charge in [-0.25, -0.2) is 4.98 Å². The fourth-order valence-corrected chi connectivity index (χ4v) is 2.56. The molecule has 3 nitrogen and oxygen atoms in total. The van der Waals surface area contributed by atoms with Crippen LogP contribution in [0.15, 0.2) is 27.8 Å². The topological polar surface area (TPSA) is 33.2 Å². The highest BCUT2D eigenvalue weighted by Gasteiger charge is 2.19. The third-order valence-electron chi connectivity index (χ3n) is 2.42. The molecule has 0 fully saturated rings. The van der Waals surface area contributed by atoms with Gasteiger partial charge < -0.3 is 4.90 Å². The molecule has 1 rings (SSSR count). The van der Waals surface area contributed by atoms with E-state index in [0.717, 1.165) is 22.6 Å². The molecule has 1 aromatic heterocycles. The minimum Gasteiger partial charge on any atom is -0.342 e. The fraction of sp³-hybridized carbons (Fsp3) is 0.500. The van der Waals surface area contributed by atoms with Crippen LogP contribution in [0.25, 0.3) is 0 Å². The largest absolute Gasteiger partial charge is 0.342 e. The van der Waals surface area contributed by atoms with Crippen molar-refractivity contribution in [2.45, 2.75) is 31.0 Å². The van der Waals surface area contributed by atoms with Gasteiger partial charge in [0, 0.05) is 23.8 Å². The van der Waals surface area contributed by atoms with Gasteiger partial charge in [-0.2, -0.15) is 0 Å². The monoisotopic (exact) mass is 316 g/mol. The highest BCUT2D eigenvalue weighted by atomic mass is 79.9. The van der Waals surface area contributed by atoms with Crippen LogP contribution in [-0.2, 0) is 4.79 Å². The van der Waals surface area contributed by atoms with Gasteiger partial charge in [0.1, 0.15) is 0 Å². The molecular formula is C12H17BrN2OS. The van der Waals surface area contributed by atoms with Gasteiger partial charge in [0.2, 0.25) is 5.91 Å². The van der Waals surface area contributed by atoms with Gasteiger partial charge in [-0.05, 0) is 48.8 Å². The number of aromatic nitrogens is 1. The first kappa shape index (κ1) is 14.5. The summed E-state index contributed by atoms with van der Waals surface area (Å²) in [4.78, 5) is 18.1. The third-order valence-corrected chi connectivity index (χ3v) is 3.93. The molecule has 17 heavy (non-hydrogen) atoms. The van der Waals surface area contributed by atoms with Crippen LogP contribution in [0.2, 0.25) is 0 Å². The summed E-state index contributed by atoms with van der Waals surface area (Å²) in [5.41, 5.74) is 0. The smallest absolute Gasteiger partial charge is 0.235 e. The van der Waals surface area contributed by atoms with Crippen LogP contribution in [0.4, 0.5) is 0 Å². The number of rotatable bonds is 5. The number of carbonyl (C=O) groups is 1. The van der Waals surface area contributed by atoms with Crippen molar-refractivity contribution in [3.63, 3.8) is 0 Å². The average molecular weight is 317 g/mol. The zero-order chi connectivity index (χ0) is 12.8. The summed E-state index contributed by atoms with van der Waals surface area (Å²) in [7, 11) is 0. The molecule has 0 unspecified atom stereocenters. The van der Waals surface area contributed by atoms with Crippen molar-refractivity contribution in [3.8, 4) is 0 Å². The number of pyridine rings is 1. The molecule has 94 valence electrons. The molecule has 0 saturated carbocycles. The molecule has 0 spiro atoms. The van der Waals surface area contributed by atoms with Gasteiger partial charge in [-0.15, -0.1) is 0 Å². The molecule has 0 radical (unpaired) electrons. The Kier molecular flexibility index (Phi) is 5.98. The predicted molar refractivity (Wildman–Crippen MR) is 75.2 cm³/mol. The van der Waals surface area contributed by atoms with Crippen LogP contribution >= 0.6 is 27.7 Å². The maximum atomic E-state index is 12.0. The fourth-order valence-electron chi connectivity index (χ4n) is 1.46. The van der Waals surface area contributed by atoms with Crippen molar-refractivity contribution in [2.24, 2.45) is 0 Å². The van der Waals surface area contributed by atoms with Crippen LogP contribution in [-0.4, -0.2) is 34.1 Å². The van der Waals surface area contributed by atoms with E-state index in [1.165, 1.54) is 11.8 Å². The molecule has 1 aromatic rings. The first-order chi connectivity index (χ1) is 8.08. The van der Waals surface area contributed by atoms with Gasteiger partial charge in [-0.1, -0.05) is 11.8 Å². The third kappa shape index (κ3) is 4.32. The lowest BCUT2D eigenvalue weighted by Gasteiger charge is -2.22. The summed E-state index contributed by atoms with van der Waals surface area (Å²) >= 11 is 4.84. The minimum atomic E-state index is -0.0939. The highest BCUT2D eigenvalue weighted by Crippen LogP contribution is 2.23. The van der Waals surface area contributed by atoms with Crippen molar-refractivity contribution in [1.82, 2.24) is 9.88 Å². The van der Waals surface area contributed by atoms with E-state index >= 15 is 0 Å². The first-order valence-electron chi connectivity index (χ1n) is 5.65. The van der Waals surface area contributed by atoms with E-state index in [-0.39, 0.29) is 11.2 Å². The molecule has 1 amide bonds. The molecule has 0 aromatic carbocycles. The van der Waals surface area contributed by atoms with Crippen molar-refractivity contribution in [3.05, 3.63) is 22.8 Å². The van der Waals surface area contributed by atoms with Crippen molar-refractivity contribution < 1.29 is 4.79 Å². The lowest BCUT2D eigenvalue weighted by atomic mass is 10.4. The standard InChI is InChI=1S/C12H17BrN2OS/c1-4-15(5-2)12(16)9(3)17-11-7-6-10(13)8-14-11/h6-9H,4-5H2,1-3H3/t9-/m1/s1. The summed E-state index contributed by atoms with van der Waals surface area (Å²) in [6, 6.07) is 3.85. The normalized spacial score (nSPS) is 12.2. The number of nitrogens with zero attached hydrogens (tertiary/aromatic N) is 2. The number of hydrogen-bond donors (Lipinski definition) is 0. The van der Waals surface area contributed by atoms with Gasteiger partial charge in [0.05, 0.1) is 10.3 Å². The van der Waals surface area contributed by atoms with Crippen LogP contribution in [0, 0.1) is 0 Å². The molecule has 0 N–H and O–H groups in total. The summed E-state index contributed by atoms with van der Waals surface area (Å²) in [6.45, 7) is 7.43. The summed E-state index contributed by atoms with van der Waals surface area (Å²) in [5.74, 6) is 0.171. The van der Waals surface area contributed by atoms with E-state index in [1.54, 1.807) is 6.20 Å². The van der Waals surface area contributed by atoms with Crippen LogP contribution in [0.3, 0.4) is 0 Å². The molecule has 0 aliphatic heterocycles. The Hall–Kier alpha value is -0.550. The zero-order valence-corrected chi connectivity index (χ0v) is 12.7. The molecule has 0 aliphatic rings. The van der Waals surface area contributed by atoms with Crippen LogP contribution < -0.4 is 0 Å². The minimum absolute atomic E-state index is 0.0939. The summed E-state index contributed by atoms with van der Waals surface area (Å²) in [5, 5.41) is 0.782. The van der Waals surface area contributed by atoms with Gasteiger partial charge >= 0.3 is 0 Å². The first-order valence-corrected chi connectivity index (χ1v) is 7.32. The van der Waals surface area contributed by atoms with E-state index in [2.05, 4.69) is 20.9 Å². The zero-order valence-electron chi connectivity index (χ0n) is 10.3. The number of amides is 1. The molecule has 1 atom stereocenters.